The highest BCUT2D eigenvalue weighted by Gasteiger charge is 2.14. The van der Waals surface area contributed by atoms with Crippen molar-refractivity contribution in [1.82, 2.24) is 5.32 Å². The molecule has 0 fully saturated rings. The van der Waals surface area contributed by atoms with Crippen molar-refractivity contribution in [2.24, 2.45) is 0 Å². The van der Waals surface area contributed by atoms with Gasteiger partial charge in [0.1, 0.15) is 6.61 Å². The van der Waals surface area contributed by atoms with Crippen molar-refractivity contribution < 1.29 is 14.3 Å². The van der Waals surface area contributed by atoms with Crippen LogP contribution in [0.25, 0.3) is 0 Å². The molecular weight excluding hydrogens is 270 g/mol. The molecule has 0 aliphatic heterocycles. The summed E-state index contributed by atoms with van der Waals surface area (Å²) in [5, 5.41) is 5.54. The summed E-state index contributed by atoms with van der Waals surface area (Å²) >= 11 is 0. The minimum absolute atomic E-state index is 0.0210. The minimum atomic E-state index is -0.255. The fraction of sp³-hybridized carbons (Fsp3) is 0.467. The molecule has 1 aromatic carbocycles. The number of benzene rings is 1. The lowest BCUT2D eigenvalue weighted by molar-refractivity contribution is -0.119. The molecule has 0 aliphatic carbocycles. The molecule has 6 heteroatoms. The maximum atomic E-state index is 12.2. The van der Waals surface area contributed by atoms with E-state index < -0.39 is 0 Å². The molecule has 0 saturated heterocycles. The van der Waals surface area contributed by atoms with Gasteiger partial charge < -0.3 is 20.3 Å². The molecule has 2 N–H and O–H groups in total. The average Bonchev–Trinajstić information content (AvgIpc) is 2.44. The van der Waals surface area contributed by atoms with Gasteiger partial charge in [-0.1, -0.05) is 6.92 Å². The minimum Gasteiger partial charge on any atom is -0.377 e. The summed E-state index contributed by atoms with van der Waals surface area (Å²) < 4.78 is 4.77. The summed E-state index contributed by atoms with van der Waals surface area (Å²) in [5.41, 5.74) is 1.90. The number of methoxy groups -OCH3 is 1. The Bertz CT molecular complexity index is 501. The van der Waals surface area contributed by atoms with Crippen molar-refractivity contribution in [2.75, 3.05) is 44.6 Å². The number of hydrogen-bond acceptors (Lipinski definition) is 4. The zero-order chi connectivity index (χ0) is 15.8. The van der Waals surface area contributed by atoms with Crippen LogP contribution in [-0.2, 0) is 9.53 Å². The van der Waals surface area contributed by atoms with Crippen LogP contribution >= 0.6 is 0 Å². The highest BCUT2D eigenvalue weighted by Crippen LogP contribution is 2.23. The standard InChI is InChI=1S/C15H23N3O3/c1-5-8-16-15(20)12-9-11(17-14(19)10-21-4)6-7-13(12)18(2)3/h6-7,9H,5,8,10H2,1-4H3,(H,16,20)(H,17,19). The number of amides is 2. The molecular formula is C15H23N3O3. The number of anilines is 2. The highest BCUT2D eigenvalue weighted by atomic mass is 16.5. The molecule has 21 heavy (non-hydrogen) atoms. The molecule has 0 radical (unpaired) electrons. The third kappa shape index (κ3) is 5.07. The molecule has 6 nitrogen and oxygen atoms in total. The molecule has 116 valence electrons. The van der Waals surface area contributed by atoms with Crippen molar-refractivity contribution >= 4 is 23.2 Å². The molecule has 0 unspecified atom stereocenters. The lowest BCUT2D eigenvalue weighted by atomic mass is 10.1. The van der Waals surface area contributed by atoms with Gasteiger partial charge in [0.25, 0.3) is 5.91 Å². The number of carbonyl (C=O) groups excluding carboxylic acids is 2. The Morgan fingerprint density at radius 3 is 2.57 bits per heavy atom. The van der Waals surface area contributed by atoms with E-state index in [1.807, 2.05) is 32.0 Å². The van der Waals surface area contributed by atoms with Crippen molar-refractivity contribution in [1.29, 1.82) is 0 Å². The Morgan fingerprint density at radius 1 is 1.29 bits per heavy atom. The first-order chi connectivity index (χ1) is 9.99. The average molecular weight is 293 g/mol. The van der Waals surface area contributed by atoms with Crippen molar-refractivity contribution in [3.8, 4) is 0 Å². The molecule has 0 heterocycles. The van der Waals surface area contributed by atoms with Gasteiger partial charge in [-0.25, -0.2) is 0 Å². The van der Waals surface area contributed by atoms with Gasteiger partial charge in [0.05, 0.1) is 5.56 Å². The van der Waals surface area contributed by atoms with Crippen molar-refractivity contribution in [3.05, 3.63) is 23.8 Å². The summed E-state index contributed by atoms with van der Waals surface area (Å²) in [4.78, 5) is 25.6. The molecule has 0 aliphatic rings. The number of hydrogen-bond donors (Lipinski definition) is 2. The second-order valence-corrected chi connectivity index (χ2v) is 4.86. The molecule has 0 aromatic heterocycles. The zero-order valence-corrected chi connectivity index (χ0v) is 13.0. The van der Waals surface area contributed by atoms with Gasteiger partial charge in [-0.15, -0.1) is 0 Å². The van der Waals surface area contributed by atoms with E-state index in [0.29, 0.717) is 17.8 Å². The van der Waals surface area contributed by atoms with E-state index in [2.05, 4.69) is 10.6 Å². The van der Waals surface area contributed by atoms with Crippen LogP contribution in [-0.4, -0.2) is 46.2 Å². The third-order valence-electron chi connectivity index (χ3n) is 2.82. The lowest BCUT2D eigenvalue weighted by Crippen LogP contribution is -2.26. The summed E-state index contributed by atoms with van der Waals surface area (Å²) in [6.45, 7) is 2.59. The summed E-state index contributed by atoms with van der Waals surface area (Å²) in [7, 11) is 5.20. The number of rotatable bonds is 7. The van der Waals surface area contributed by atoms with Crippen molar-refractivity contribution in [3.63, 3.8) is 0 Å². The van der Waals surface area contributed by atoms with Crippen LogP contribution in [0.5, 0.6) is 0 Å². The Morgan fingerprint density at radius 2 is 2.00 bits per heavy atom. The van der Waals surface area contributed by atoms with Gasteiger partial charge in [0.2, 0.25) is 5.91 Å². The Labute approximate surface area is 125 Å². The maximum absolute atomic E-state index is 12.2. The predicted octanol–water partition coefficient (Wildman–Crippen LogP) is 1.48. The van der Waals surface area contributed by atoms with Gasteiger partial charge in [-0.3, -0.25) is 9.59 Å². The molecule has 0 spiro atoms. The maximum Gasteiger partial charge on any atom is 0.253 e. The Kier molecular flexibility index (Phi) is 6.68. The Hall–Kier alpha value is -2.08. The summed E-state index contributed by atoms with van der Waals surface area (Å²) in [5.74, 6) is -0.404. The van der Waals surface area contributed by atoms with Crippen LogP contribution in [0, 0.1) is 0 Å². The first kappa shape index (κ1) is 17.0. The van der Waals surface area contributed by atoms with Crippen LogP contribution in [0.4, 0.5) is 11.4 Å². The largest absolute Gasteiger partial charge is 0.377 e. The van der Waals surface area contributed by atoms with Crippen LogP contribution in [0.15, 0.2) is 18.2 Å². The van der Waals surface area contributed by atoms with E-state index in [0.717, 1.165) is 12.1 Å². The fourth-order valence-corrected chi connectivity index (χ4v) is 1.85. The van der Waals surface area contributed by atoms with E-state index in [9.17, 15) is 9.59 Å². The molecule has 0 bridgehead atoms. The quantitative estimate of drug-likeness (QED) is 0.799. The van der Waals surface area contributed by atoms with E-state index in [1.54, 1.807) is 12.1 Å². The van der Waals surface area contributed by atoms with Crippen LogP contribution in [0.3, 0.4) is 0 Å². The van der Waals surface area contributed by atoms with Gasteiger partial charge in [-0.05, 0) is 24.6 Å². The molecule has 1 rings (SSSR count). The SMILES string of the molecule is CCCNC(=O)c1cc(NC(=O)COC)ccc1N(C)C. The fourth-order valence-electron chi connectivity index (χ4n) is 1.85. The third-order valence-corrected chi connectivity index (χ3v) is 2.82. The number of nitrogens with zero attached hydrogens (tertiary/aromatic N) is 1. The molecule has 1 aromatic rings. The molecule has 0 saturated carbocycles. The topological polar surface area (TPSA) is 70.7 Å². The number of ether oxygens (including phenoxy) is 1. The monoisotopic (exact) mass is 293 g/mol. The smallest absolute Gasteiger partial charge is 0.253 e. The van der Waals surface area contributed by atoms with E-state index in [-0.39, 0.29) is 18.4 Å². The van der Waals surface area contributed by atoms with Gasteiger partial charge in [0.15, 0.2) is 0 Å². The summed E-state index contributed by atoms with van der Waals surface area (Å²) in [6.07, 6.45) is 0.868. The Balaban J connectivity index is 3.00. The van der Waals surface area contributed by atoms with Gasteiger partial charge in [-0.2, -0.15) is 0 Å². The molecule has 0 atom stereocenters. The van der Waals surface area contributed by atoms with Crippen LogP contribution in [0.2, 0.25) is 0 Å². The molecule has 2 amide bonds. The van der Waals surface area contributed by atoms with E-state index in [4.69, 9.17) is 4.74 Å². The van der Waals surface area contributed by atoms with Gasteiger partial charge in [0, 0.05) is 39.1 Å². The highest BCUT2D eigenvalue weighted by molar-refractivity contribution is 6.02. The normalized spacial score (nSPS) is 10.1. The summed E-state index contributed by atoms with van der Waals surface area (Å²) in [6, 6.07) is 5.25. The van der Waals surface area contributed by atoms with Gasteiger partial charge >= 0.3 is 0 Å². The second-order valence-electron chi connectivity index (χ2n) is 4.86. The second kappa shape index (κ2) is 8.26. The first-order valence-electron chi connectivity index (χ1n) is 6.88. The first-order valence-corrected chi connectivity index (χ1v) is 6.88. The van der Waals surface area contributed by atoms with Crippen molar-refractivity contribution in [2.45, 2.75) is 13.3 Å². The number of nitrogens with one attached hydrogen (secondary N) is 2. The van der Waals surface area contributed by atoms with Crippen LogP contribution < -0.4 is 15.5 Å². The predicted molar refractivity (Wildman–Crippen MR) is 83.9 cm³/mol. The lowest BCUT2D eigenvalue weighted by Gasteiger charge is -2.18. The number of carbonyl (C=O) groups is 2. The zero-order valence-electron chi connectivity index (χ0n) is 13.0. The van der Waals surface area contributed by atoms with E-state index >= 15 is 0 Å². The van der Waals surface area contributed by atoms with E-state index in [1.165, 1.54) is 7.11 Å². The van der Waals surface area contributed by atoms with Crippen LogP contribution in [0.1, 0.15) is 23.7 Å².